The minimum Gasteiger partial charge on any atom is -0.497 e. The molecule has 0 aliphatic carbocycles. The lowest BCUT2D eigenvalue weighted by Crippen LogP contribution is -2.30. The maximum Gasteiger partial charge on any atom is 0.222 e. The smallest absolute Gasteiger partial charge is 0.222 e. The molecule has 0 radical (unpaired) electrons. The van der Waals surface area contributed by atoms with Crippen molar-refractivity contribution in [2.75, 3.05) is 33.9 Å². The second-order valence-electron chi connectivity index (χ2n) is 7.04. The molecular formula is C20H29N5O3. The molecule has 0 bridgehead atoms. The van der Waals surface area contributed by atoms with Gasteiger partial charge in [0.15, 0.2) is 5.82 Å². The van der Waals surface area contributed by atoms with Gasteiger partial charge < -0.3 is 19.4 Å². The van der Waals surface area contributed by atoms with Crippen molar-refractivity contribution < 1.29 is 14.3 Å². The maximum atomic E-state index is 12.0. The van der Waals surface area contributed by atoms with Gasteiger partial charge in [-0.2, -0.15) is 0 Å². The first-order chi connectivity index (χ1) is 13.6. The summed E-state index contributed by atoms with van der Waals surface area (Å²) in [7, 11) is 3.28. The van der Waals surface area contributed by atoms with E-state index in [1.807, 2.05) is 19.1 Å². The van der Waals surface area contributed by atoms with Gasteiger partial charge in [0, 0.05) is 46.1 Å². The predicted octanol–water partition coefficient (Wildman–Crippen LogP) is 1.56. The molecule has 0 spiro atoms. The molecule has 1 aromatic carbocycles. The largest absolute Gasteiger partial charge is 0.497 e. The van der Waals surface area contributed by atoms with Crippen molar-refractivity contribution in [2.45, 2.75) is 38.9 Å². The van der Waals surface area contributed by atoms with Crippen LogP contribution in [0.5, 0.6) is 5.75 Å². The minimum absolute atomic E-state index is 0.0417. The van der Waals surface area contributed by atoms with E-state index in [0.29, 0.717) is 13.0 Å². The Morgan fingerprint density at radius 2 is 2.11 bits per heavy atom. The van der Waals surface area contributed by atoms with Gasteiger partial charge in [-0.1, -0.05) is 12.1 Å². The van der Waals surface area contributed by atoms with E-state index in [1.54, 1.807) is 14.2 Å². The molecule has 0 saturated heterocycles. The van der Waals surface area contributed by atoms with Crippen LogP contribution in [0.15, 0.2) is 24.3 Å². The van der Waals surface area contributed by atoms with Crippen molar-refractivity contribution in [1.29, 1.82) is 0 Å². The number of hydrogen-bond acceptors (Lipinski definition) is 6. The first-order valence-corrected chi connectivity index (χ1v) is 9.66. The Morgan fingerprint density at radius 1 is 1.25 bits per heavy atom. The highest BCUT2D eigenvalue weighted by Crippen LogP contribution is 2.18. The summed E-state index contributed by atoms with van der Waals surface area (Å²) >= 11 is 0. The fourth-order valence-electron chi connectivity index (χ4n) is 3.47. The molecule has 8 heteroatoms. The summed E-state index contributed by atoms with van der Waals surface area (Å²) in [5.41, 5.74) is 1.23. The molecule has 0 saturated carbocycles. The summed E-state index contributed by atoms with van der Waals surface area (Å²) in [6, 6.07) is 8.00. The topological polar surface area (TPSA) is 81.5 Å². The highest BCUT2D eigenvalue weighted by molar-refractivity contribution is 5.76. The van der Waals surface area contributed by atoms with Gasteiger partial charge in [0.2, 0.25) is 5.91 Å². The highest BCUT2D eigenvalue weighted by atomic mass is 16.5. The summed E-state index contributed by atoms with van der Waals surface area (Å²) in [6.07, 6.45) is 1.18. The fourth-order valence-corrected chi connectivity index (χ4v) is 3.47. The molecule has 2 heterocycles. The van der Waals surface area contributed by atoms with Crippen LogP contribution in [-0.4, -0.2) is 59.5 Å². The molecule has 8 nitrogen and oxygen atoms in total. The Balaban J connectivity index is 1.61. The molecule has 1 atom stereocenters. The van der Waals surface area contributed by atoms with Crippen LogP contribution in [0.4, 0.5) is 0 Å². The number of methoxy groups -OCH3 is 2. The summed E-state index contributed by atoms with van der Waals surface area (Å²) in [5, 5.41) is 11.7. The van der Waals surface area contributed by atoms with Crippen molar-refractivity contribution in [3.05, 3.63) is 41.5 Å². The molecule has 2 aromatic rings. The van der Waals surface area contributed by atoms with Gasteiger partial charge in [-0.3, -0.25) is 9.69 Å². The van der Waals surface area contributed by atoms with E-state index in [9.17, 15) is 4.79 Å². The molecule has 0 fully saturated rings. The van der Waals surface area contributed by atoms with Crippen LogP contribution in [0.1, 0.15) is 36.6 Å². The molecule has 1 amide bonds. The van der Waals surface area contributed by atoms with Gasteiger partial charge in [-0.05, 0) is 24.6 Å². The number of nitrogens with one attached hydrogen (secondary N) is 1. The van der Waals surface area contributed by atoms with Crippen LogP contribution >= 0.6 is 0 Å². The normalized spacial score (nSPS) is 15.5. The van der Waals surface area contributed by atoms with Gasteiger partial charge in [0.05, 0.1) is 19.8 Å². The van der Waals surface area contributed by atoms with Crippen LogP contribution in [-0.2, 0) is 29.0 Å². The van der Waals surface area contributed by atoms with Crippen molar-refractivity contribution in [2.24, 2.45) is 0 Å². The standard InChI is InChI=1S/C20H29N5O3/c1-15(21-19(26)8-12-27-2)20-23-22-18-7-9-24(10-11-25(18)20)14-16-5-4-6-17(13-16)28-3/h4-6,13,15H,7-12,14H2,1-3H3,(H,21,26)/t15-/m0/s1. The zero-order valence-corrected chi connectivity index (χ0v) is 16.9. The third-order valence-electron chi connectivity index (χ3n) is 4.99. The Bertz CT molecular complexity index is 792. The number of carbonyl (C=O) groups is 1. The average molecular weight is 387 g/mol. The molecule has 1 aromatic heterocycles. The van der Waals surface area contributed by atoms with E-state index < -0.39 is 0 Å². The Morgan fingerprint density at radius 3 is 2.89 bits per heavy atom. The van der Waals surface area contributed by atoms with Crippen molar-refractivity contribution in [1.82, 2.24) is 25.0 Å². The monoisotopic (exact) mass is 387 g/mol. The summed E-state index contributed by atoms with van der Waals surface area (Å²) in [6.45, 7) is 5.86. The van der Waals surface area contributed by atoms with E-state index >= 15 is 0 Å². The number of amides is 1. The van der Waals surface area contributed by atoms with Gasteiger partial charge in [-0.25, -0.2) is 0 Å². The van der Waals surface area contributed by atoms with Crippen LogP contribution in [0.3, 0.4) is 0 Å². The Labute approximate surface area is 165 Å². The number of benzene rings is 1. The van der Waals surface area contributed by atoms with Crippen molar-refractivity contribution in [3.63, 3.8) is 0 Å². The number of rotatable bonds is 8. The molecular weight excluding hydrogens is 358 g/mol. The molecule has 1 aliphatic heterocycles. The molecule has 28 heavy (non-hydrogen) atoms. The van der Waals surface area contributed by atoms with Crippen molar-refractivity contribution in [3.8, 4) is 5.75 Å². The first-order valence-electron chi connectivity index (χ1n) is 9.66. The summed E-state index contributed by atoms with van der Waals surface area (Å²) in [5.74, 6) is 2.62. The lowest BCUT2D eigenvalue weighted by atomic mass is 10.2. The van der Waals surface area contributed by atoms with E-state index in [0.717, 1.165) is 50.0 Å². The zero-order valence-electron chi connectivity index (χ0n) is 16.9. The number of nitrogens with zero attached hydrogens (tertiary/aromatic N) is 4. The lowest BCUT2D eigenvalue weighted by Gasteiger charge is -2.20. The Hall–Kier alpha value is -2.45. The van der Waals surface area contributed by atoms with Crippen LogP contribution in [0, 0.1) is 0 Å². The SMILES string of the molecule is COCCC(=O)N[C@@H](C)c1nnc2n1CCN(Cc1cccc(OC)c1)CC2. The molecule has 1 N–H and O–H groups in total. The molecule has 152 valence electrons. The highest BCUT2D eigenvalue weighted by Gasteiger charge is 2.22. The van der Waals surface area contributed by atoms with E-state index in [4.69, 9.17) is 9.47 Å². The second kappa shape index (κ2) is 9.66. The number of carbonyl (C=O) groups excluding carboxylic acids is 1. The fraction of sp³-hybridized carbons (Fsp3) is 0.550. The number of fused-ring (bicyclic) bond motifs is 1. The Kier molecular flexibility index (Phi) is 7.00. The maximum absolute atomic E-state index is 12.0. The number of hydrogen-bond donors (Lipinski definition) is 1. The first kappa shape index (κ1) is 20.3. The van der Waals surface area contributed by atoms with Crippen LogP contribution in [0.25, 0.3) is 0 Å². The van der Waals surface area contributed by atoms with Crippen molar-refractivity contribution >= 4 is 5.91 Å². The van der Waals surface area contributed by atoms with Gasteiger partial charge in [0.25, 0.3) is 0 Å². The minimum atomic E-state index is -0.185. The second-order valence-corrected chi connectivity index (χ2v) is 7.04. The lowest BCUT2D eigenvalue weighted by molar-refractivity contribution is -0.122. The van der Waals surface area contributed by atoms with Crippen LogP contribution in [0.2, 0.25) is 0 Å². The molecule has 1 aliphatic rings. The van der Waals surface area contributed by atoms with Gasteiger partial charge in [-0.15, -0.1) is 10.2 Å². The van der Waals surface area contributed by atoms with E-state index in [-0.39, 0.29) is 11.9 Å². The average Bonchev–Trinajstić information content (AvgIpc) is 3.01. The molecule has 3 rings (SSSR count). The number of aromatic nitrogens is 3. The number of ether oxygens (including phenoxy) is 2. The van der Waals surface area contributed by atoms with Gasteiger partial charge in [0.1, 0.15) is 11.6 Å². The van der Waals surface area contributed by atoms with Gasteiger partial charge >= 0.3 is 0 Å². The quantitative estimate of drug-likeness (QED) is 0.740. The third-order valence-corrected chi connectivity index (χ3v) is 4.99. The molecule has 0 unspecified atom stereocenters. The summed E-state index contributed by atoms with van der Waals surface area (Å²) < 4.78 is 12.4. The van der Waals surface area contributed by atoms with E-state index in [2.05, 4.69) is 37.1 Å². The zero-order chi connectivity index (χ0) is 19.9. The predicted molar refractivity (Wildman–Crippen MR) is 105 cm³/mol. The summed E-state index contributed by atoms with van der Waals surface area (Å²) in [4.78, 5) is 14.4. The third kappa shape index (κ3) is 5.08. The van der Waals surface area contributed by atoms with Crippen LogP contribution < -0.4 is 10.1 Å². The van der Waals surface area contributed by atoms with E-state index in [1.165, 1.54) is 5.56 Å².